The van der Waals surface area contributed by atoms with Crippen molar-refractivity contribution < 1.29 is 14.6 Å². The third-order valence-corrected chi connectivity index (χ3v) is 2.60. The zero-order chi connectivity index (χ0) is 11.1. The number of carbonyl (C=O) groups is 1. The van der Waals surface area contributed by atoms with Crippen molar-refractivity contribution in [1.82, 2.24) is 4.90 Å². The lowest BCUT2D eigenvalue weighted by Crippen LogP contribution is -2.39. The Morgan fingerprint density at radius 2 is 2.07 bits per heavy atom. The molecule has 0 bridgehead atoms. The van der Waals surface area contributed by atoms with Crippen molar-refractivity contribution >= 4 is 5.97 Å². The van der Waals surface area contributed by atoms with E-state index in [1.54, 1.807) is 6.92 Å². The molecule has 84 valence electrons. The molecule has 2 atom stereocenters. The maximum atomic E-state index is 10.7. The second kappa shape index (κ2) is 6.79. The van der Waals surface area contributed by atoms with Crippen LogP contribution in [0.4, 0.5) is 0 Å². The maximum Gasteiger partial charge on any atom is 0.307 e. The summed E-state index contributed by atoms with van der Waals surface area (Å²) in [5.74, 6) is -1.10. The van der Waals surface area contributed by atoms with Crippen LogP contribution in [0.25, 0.3) is 0 Å². The summed E-state index contributed by atoms with van der Waals surface area (Å²) in [4.78, 5) is 12.7. The van der Waals surface area contributed by atoms with Crippen molar-refractivity contribution in [1.29, 1.82) is 0 Å². The fraction of sp³-hybridized carbons (Fsp3) is 0.900. The molecular formula is C10H21NO3. The molecule has 0 aromatic rings. The van der Waals surface area contributed by atoms with Crippen LogP contribution < -0.4 is 0 Å². The minimum absolute atomic E-state index is 0.0351. The smallest absolute Gasteiger partial charge is 0.307 e. The van der Waals surface area contributed by atoms with Crippen LogP contribution >= 0.6 is 0 Å². The van der Waals surface area contributed by atoms with E-state index in [-0.39, 0.29) is 12.0 Å². The second-order valence-electron chi connectivity index (χ2n) is 3.55. The fourth-order valence-electron chi connectivity index (χ4n) is 1.14. The molecule has 1 N–H and O–H groups in total. The molecule has 4 nitrogen and oxygen atoms in total. The van der Waals surface area contributed by atoms with Crippen molar-refractivity contribution in [2.75, 3.05) is 26.8 Å². The molecule has 0 fully saturated rings. The Balaban J connectivity index is 3.85. The standard InChI is InChI=1S/C10H21NO3/c1-5-14-7-6-11(4)9(3)8(2)10(12)13/h8-9H,5-7H2,1-4H3,(H,12,13). The molecule has 0 aromatic carbocycles. The van der Waals surface area contributed by atoms with E-state index >= 15 is 0 Å². The highest BCUT2D eigenvalue weighted by Crippen LogP contribution is 2.08. The van der Waals surface area contributed by atoms with E-state index in [9.17, 15) is 4.79 Å². The molecule has 14 heavy (non-hydrogen) atoms. The van der Waals surface area contributed by atoms with Gasteiger partial charge in [0.1, 0.15) is 0 Å². The van der Waals surface area contributed by atoms with Crippen LogP contribution in [0.2, 0.25) is 0 Å². The molecule has 2 unspecified atom stereocenters. The molecule has 0 aliphatic carbocycles. The summed E-state index contributed by atoms with van der Waals surface area (Å²) in [5, 5.41) is 8.81. The molecule has 0 aliphatic rings. The summed E-state index contributed by atoms with van der Waals surface area (Å²) < 4.78 is 5.21. The molecule has 0 radical (unpaired) electrons. The van der Waals surface area contributed by atoms with Gasteiger partial charge in [0.15, 0.2) is 0 Å². The van der Waals surface area contributed by atoms with Gasteiger partial charge >= 0.3 is 5.97 Å². The first-order chi connectivity index (χ1) is 6.50. The Morgan fingerprint density at radius 1 is 1.50 bits per heavy atom. The van der Waals surface area contributed by atoms with Crippen molar-refractivity contribution in [3.05, 3.63) is 0 Å². The monoisotopic (exact) mass is 203 g/mol. The van der Waals surface area contributed by atoms with E-state index in [0.29, 0.717) is 13.2 Å². The zero-order valence-electron chi connectivity index (χ0n) is 9.49. The van der Waals surface area contributed by atoms with Gasteiger partial charge in [0.25, 0.3) is 0 Å². The Hall–Kier alpha value is -0.610. The van der Waals surface area contributed by atoms with Gasteiger partial charge in [0.05, 0.1) is 12.5 Å². The van der Waals surface area contributed by atoms with E-state index in [1.165, 1.54) is 0 Å². The molecule has 0 amide bonds. The van der Waals surface area contributed by atoms with Crippen molar-refractivity contribution in [3.8, 4) is 0 Å². The number of hydrogen-bond donors (Lipinski definition) is 1. The highest BCUT2D eigenvalue weighted by Gasteiger charge is 2.22. The number of rotatable bonds is 7. The predicted molar refractivity (Wildman–Crippen MR) is 55.4 cm³/mol. The number of likely N-dealkylation sites (N-methyl/N-ethyl adjacent to an activating group) is 1. The first kappa shape index (κ1) is 13.4. The van der Waals surface area contributed by atoms with Gasteiger partial charge in [-0.2, -0.15) is 0 Å². The van der Waals surface area contributed by atoms with Crippen LogP contribution in [0, 0.1) is 5.92 Å². The lowest BCUT2D eigenvalue weighted by molar-refractivity contribution is -0.143. The summed E-state index contributed by atoms with van der Waals surface area (Å²) in [6.07, 6.45) is 0. The fourth-order valence-corrected chi connectivity index (χ4v) is 1.14. The van der Waals surface area contributed by atoms with Gasteiger partial charge in [-0.05, 0) is 20.9 Å². The van der Waals surface area contributed by atoms with Crippen LogP contribution in [0.5, 0.6) is 0 Å². The lowest BCUT2D eigenvalue weighted by atomic mass is 10.0. The van der Waals surface area contributed by atoms with Gasteiger partial charge in [-0.3, -0.25) is 4.79 Å². The minimum Gasteiger partial charge on any atom is -0.481 e. The van der Waals surface area contributed by atoms with Crippen LogP contribution in [0.15, 0.2) is 0 Å². The Labute approximate surface area is 85.9 Å². The number of ether oxygens (including phenoxy) is 1. The minimum atomic E-state index is -0.749. The highest BCUT2D eigenvalue weighted by atomic mass is 16.5. The zero-order valence-corrected chi connectivity index (χ0v) is 9.49. The lowest BCUT2D eigenvalue weighted by Gasteiger charge is -2.27. The second-order valence-corrected chi connectivity index (χ2v) is 3.55. The van der Waals surface area contributed by atoms with Gasteiger partial charge in [-0.15, -0.1) is 0 Å². The average molecular weight is 203 g/mol. The summed E-state index contributed by atoms with van der Waals surface area (Å²) in [6, 6.07) is 0.0351. The summed E-state index contributed by atoms with van der Waals surface area (Å²) >= 11 is 0. The first-order valence-electron chi connectivity index (χ1n) is 5.01. The van der Waals surface area contributed by atoms with Crippen molar-refractivity contribution in [2.45, 2.75) is 26.8 Å². The number of aliphatic carboxylic acids is 1. The molecular weight excluding hydrogens is 182 g/mol. The van der Waals surface area contributed by atoms with E-state index in [1.807, 2.05) is 25.8 Å². The molecule has 0 rings (SSSR count). The van der Waals surface area contributed by atoms with Crippen molar-refractivity contribution in [2.24, 2.45) is 5.92 Å². The Morgan fingerprint density at radius 3 is 2.50 bits per heavy atom. The number of carboxylic acids is 1. The van der Waals surface area contributed by atoms with Gasteiger partial charge in [0.2, 0.25) is 0 Å². The SMILES string of the molecule is CCOCCN(C)C(C)C(C)C(=O)O. The van der Waals surface area contributed by atoms with E-state index < -0.39 is 5.97 Å². The summed E-state index contributed by atoms with van der Waals surface area (Å²) in [5.41, 5.74) is 0. The number of nitrogens with zero attached hydrogens (tertiary/aromatic N) is 1. The van der Waals surface area contributed by atoms with E-state index in [2.05, 4.69) is 0 Å². The Bertz CT molecular complexity index is 173. The topological polar surface area (TPSA) is 49.8 Å². The molecule has 0 heterocycles. The van der Waals surface area contributed by atoms with Gasteiger partial charge in [-0.25, -0.2) is 0 Å². The van der Waals surface area contributed by atoms with Gasteiger partial charge in [-0.1, -0.05) is 6.92 Å². The molecule has 0 saturated carbocycles. The van der Waals surface area contributed by atoms with Gasteiger partial charge in [0, 0.05) is 19.2 Å². The molecule has 0 aromatic heterocycles. The molecule has 0 aliphatic heterocycles. The highest BCUT2D eigenvalue weighted by molar-refractivity contribution is 5.70. The summed E-state index contributed by atoms with van der Waals surface area (Å²) in [6.45, 7) is 7.73. The van der Waals surface area contributed by atoms with E-state index in [4.69, 9.17) is 9.84 Å². The largest absolute Gasteiger partial charge is 0.481 e. The quantitative estimate of drug-likeness (QED) is 0.629. The predicted octanol–water partition coefficient (Wildman–Crippen LogP) is 1.06. The average Bonchev–Trinajstić information content (AvgIpc) is 2.15. The number of hydrogen-bond acceptors (Lipinski definition) is 3. The first-order valence-corrected chi connectivity index (χ1v) is 5.01. The third-order valence-electron chi connectivity index (χ3n) is 2.60. The van der Waals surface area contributed by atoms with Gasteiger partial charge < -0.3 is 14.7 Å². The van der Waals surface area contributed by atoms with Crippen LogP contribution in [0.1, 0.15) is 20.8 Å². The van der Waals surface area contributed by atoms with E-state index in [0.717, 1.165) is 6.54 Å². The molecule has 4 heteroatoms. The maximum absolute atomic E-state index is 10.7. The van der Waals surface area contributed by atoms with Crippen molar-refractivity contribution in [3.63, 3.8) is 0 Å². The molecule has 0 saturated heterocycles. The third kappa shape index (κ3) is 4.58. The Kier molecular flexibility index (Phi) is 6.49. The number of carboxylic acid groups (broad SMARTS) is 1. The van der Waals surface area contributed by atoms with Crippen LogP contribution in [-0.4, -0.2) is 48.8 Å². The van der Waals surface area contributed by atoms with Crippen LogP contribution in [-0.2, 0) is 9.53 Å². The molecule has 0 spiro atoms. The summed E-state index contributed by atoms with van der Waals surface area (Å²) in [7, 11) is 1.92. The normalized spacial score (nSPS) is 15.5. The van der Waals surface area contributed by atoms with Crippen LogP contribution in [0.3, 0.4) is 0 Å².